The highest BCUT2D eigenvalue weighted by Crippen LogP contribution is 2.24. The fraction of sp³-hybridized carbons (Fsp3) is 0.346. The van der Waals surface area contributed by atoms with Crippen LogP contribution in [0.15, 0.2) is 53.1 Å². The summed E-state index contributed by atoms with van der Waals surface area (Å²) in [5.41, 5.74) is 2.83. The number of amides is 1. The van der Waals surface area contributed by atoms with Gasteiger partial charge in [0.2, 0.25) is 5.95 Å². The van der Waals surface area contributed by atoms with E-state index < -0.39 is 0 Å². The summed E-state index contributed by atoms with van der Waals surface area (Å²) in [6.07, 6.45) is 6.42. The van der Waals surface area contributed by atoms with E-state index in [1.165, 1.54) is 0 Å². The molecule has 1 saturated heterocycles. The van der Waals surface area contributed by atoms with Crippen LogP contribution in [0.4, 0.5) is 11.6 Å². The fourth-order valence-corrected chi connectivity index (χ4v) is 4.07. The highest BCUT2D eigenvalue weighted by molar-refractivity contribution is 5.96. The molecule has 0 saturated carbocycles. The van der Waals surface area contributed by atoms with Gasteiger partial charge in [-0.3, -0.25) is 9.69 Å². The van der Waals surface area contributed by atoms with Crippen molar-refractivity contribution in [1.82, 2.24) is 20.2 Å². The molecule has 0 radical (unpaired) electrons. The molecule has 0 aliphatic carbocycles. The lowest BCUT2D eigenvalue weighted by Crippen LogP contribution is -2.38. The highest BCUT2D eigenvalue weighted by Gasteiger charge is 2.13. The van der Waals surface area contributed by atoms with Gasteiger partial charge in [0.25, 0.3) is 5.91 Å². The summed E-state index contributed by atoms with van der Waals surface area (Å²) in [7, 11) is 0. The van der Waals surface area contributed by atoms with Crippen LogP contribution in [0, 0.1) is 0 Å². The number of anilines is 2. The number of rotatable bonds is 5. The molecule has 1 amide bonds. The van der Waals surface area contributed by atoms with Crippen molar-refractivity contribution in [3.8, 4) is 11.5 Å². The standard InChI is InChI=1S/C26H29N5O4/c32-25(27-7-2-9-31-10-13-33-14-11-31)20-15-19-3-1-12-34-18-22-4-5-24(35-22)23-6-8-28-26(30-23)29-21(16-19)17-20/h1,3-6,8,15-17H,2,7,9-14,18H2,(H,27,32)(H,28,29,30)/b3-1-. The predicted molar refractivity (Wildman–Crippen MR) is 132 cm³/mol. The minimum Gasteiger partial charge on any atom is -0.457 e. The van der Waals surface area contributed by atoms with Gasteiger partial charge in [-0.25, -0.2) is 9.97 Å². The summed E-state index contributed by atoms with van der Waals surface area (Å²) in [5, 5.41) is 6.27. The molecule has 9 nitrogen and oxygen atoms in total. The maximum atomic E-state index is 12.9. The normalized spacial score (nSPS) is 17.0. The van der Waals surface area contributed by atoms with Crippen LogP contribution < -0.4 is 10.6 Å². The average Bonchev–Trinajstić information content (AvgIpc) is 3.35. The number of fused-ring (bicyclic) bond motifs is 7. The summed E-state index contributed by atoms with van der Waals surface area (Å²) in [4.78, 5) is 24.2. The van der Waals surface area contributed by atoms with E-state index in [-0.39, 0.29) is 5.91 Å². The number of nitrogens with zero attached hydrogens (tertiary/aromatic N) is 3. The zero-order chi connectivity index (χ0) is 23.9. The van der Waals surface area contributed by atoms with Crippen LogP contribution in [0.3, 0.4) is 0 Å². The van der Waals surface area contributed by atoms with Gasteiger partial charge in [0.05, 0.1) is 19.8 Å². The molecule has 0 atom stereocenters. The molecule has 9 heteroatoms. The molecule has 5 rings (SSSR count). The maximum absolute atomic E-state index is 12.9. The van der Waals surface area contributed by atoms with E-state index in [4.69, 9.17) is 13.9 Å². The van der Waals surface area contributed by atoms with Gasteiger partial charge < -0.3 is 24.5 Å². The SMILES string of the molecule is O=C(NCCCN1CCOCC1)c1cc2cc(c1)Nc1nccc(n1)-c1ccc(o1)COC/C=C\2. The molecule has 0 unspecified atom stereocenters. The predicted octanol–water partition coefficient (Wildman–Crippen LogP) is 3.48. The van der Waals surface area contributed by atoms with Crippen LogP contribution in [0.25, 0.3) is 17.5 Å². The number of carbonyl (C=O) groups is 1. The molecule has 182 valence electrons. The Morgan fingerprint density at radius 3 is 2.94 bits per heavy atom. The van der Waals surface area contributed by atoms with Crippen LogP contribution in [0.2, 0.25) is 0 Å². The van der Waals surface area contributed by atoms with Crippen LogP contribution in [-0.4, -0.2) is 66.8 Å². The zero-order valence-electron chi connectivity index (χ0n) is 19.5. The van der Waals surface area contributed by atoms with Gasteiger partial charge in [0.15, 0.2) is 5.76 Å². The lowest BCUT2D eigenvalue weighted by Gasteiger charge is -2.26. The Hall–Kier alpha value is -3.53. The number of ether oxygens (including phenoxy) is 2. The third-order valence-corrected chi connectivity index (χ3v) is 5.85. The van der Waals surface area contributed by atoms with E-state index in [9.17, 15) is 4.79 Å². The molecule has 1 aromatic carbocycles. The Kier molecular flexibility index (Phi) is 7.47. The second kappa shape index (κ2) is 11.3. The highest BCUT2D eigenvalue weighted by atomic mass is 16.5. The Morgan fingerprint density at radius 1 is 1.11 bits per heavy atom. The van der Waals surface area contributed by atoms with Crippen molar-refractivity contribution in [1.29, 1.82) is 0 Å². The van der Waals surface area contributed by atoms with Crippen LogP contribution in [0.1, 0.15) is 28.1 Å². The maximum Gasteiger partial charge on any atom is 0.251 e. The second-order valence-corrected chi connectivity index (χ2v) is 8.48. The molecule has 2 N–H and O–H groups in total. The van der Waals surface area contributed by atoms with Gasteiger partial charge in [0.1, 0.15) is 18.1 Å². The van der Waals surface area contributed by atoms with Crippen molar-refractivity contribution >= 4 is 23.6 Å². The van der Waals surface area contributed by atoms with Gasteiger partial charge in [-0.2, -0.15) is 0 Å². The molecule has 2 aliphatic heterocycles. The first-order chi connectivity index (χ1) is 17.2. The molecular formula is C26H29N5O4. The van der Waals surface area contributed by atoms with E-state index in [2.05, 4.69) is 25.5 Å². The second-order valence-electron chi connectivity index (χ2n) is 8.48. The van der Waals surface area contributed by atoms with E-state index in [1.54, 1.807) is 12.3 Å². The third-order valence-electron chi connectivity index (χ3n) is 5.85. The Morgan fingerprint density at radius 2 is 2.03 bits per heavy atom. The molecule has 2 aromatic heterocycles. The number of benzene rings is 1. The van der Waals surface area contributed by atoms with Crippen molar-refractivity contribution in [2.24, 2.45) is 0 Å². The van der Waals surface area contributed by atoms with Crippen LogP contribution >= 0.6 is 0 Å². The Labute approximate surface area is 204 Å². The largest absolute Gasteiger partial charge is 0.457 e. The van der Waals surface area contributed by atoms with Crippen molar-refractivity contribution in [2.45, 2.75) is 13.0 Å². The Balaban J connectivity index is 1.31. The topological polar surface area (TPSA) is 102 Å². The van der Waals surface area contributed by atoms with E-state index >= 15 is 0 Å². The van der Waals surface area contributed by atoms with Gasteiger partial charge in [0, 0.05) is 37.1 Å². The van der Waals surface area contributed by atoms with Crippen LogP contribution in [0.5, 0.6) is 0 Å². The first-order valence-electron chi connectivity index (χ1n) is 11.9. The van der Waals surface area contributed by atoms with Crippen molar-refractivity contribution in [2.75, 3.05) is 51.3 Å². The average molecular weight is 476 g/mol. The molecule has 0 spiro atoms. The number of hydrogen-bond acceptors (Lipinski definition) is 8. The van der Waals surface area contributed by atoms with Crippen molar-refractivity contribution in [3.05, 3.63) is 65.6 Å². The Bertz CT molecular complexity index is 1190. The molecule has 6 bridgehead atoms. The first-order valence-corrected chi connectivity index (χ1v) is 11.9. The van der Waals surface area contributed by atoms with E-state index in [1.807, 2.05) is 42.5 Å². The quantitative estimate of drug-likeness (QED) is 0.541. The molecule has 4 heterocycles. The number of hydrogen-bond donors (Lipinski definition) is 2. The van der Waals surface area contributed by atoms with Crippen molar-refractivity contribution < 1.29 is 18.7 Å². The molecule has 1 fully saturated rings. The number of morpholine rings is 1. The summed E-state index contributed by atoms with van der Waals surface area (Å²) in [5.74, 6) is 1.68. The van der Waals surface area contributed by atoms with Gasteiger partial charge >= 0.3 is 0 Å². The number of aromatic nitrogens is 2. The molecule has 35 heavy (non-hydrogen) atoms. The summed E-state index contributed by atoms with van der Waals surface area (Å²) >= 11 is 0. The minimum atomic E-state index is -0.114. The van der Waals surface area contributed by atoms with Gasteiger partial charge in [-0.05, 0) is 54.9 Å². The van der Waals surface area contributed by atoms with Gasteiger partial charge in [-0.15, -0.1) is 0 Å². The first kappa shape index (κ1) is 23.2. The lowest BCUT2D eigenvalue weighted by atomic mass is 10.1. The van der Waals surface area contributed by atoms with Crippen molar-refractivity contribution in [3.63, 3.8) is 0 Å². The summed E-state index contributed by atoms with van der Waals surface area (Å²) in [6.45, 7) is 5.80. The molecule has 2 aliphatic rings. The monoisotopic (exact) mass is 475 g/mol. The minimum absolute atomic E-state index is 0.114. The number of nitrogens with one attached hydrogen (secondary N) is 2. The van der Waals surface area contributed by atoms with E-state index in [0.717, 1.165) is 56.3 Å². The number of furan rings is 1. The van der Waals surface area contributed by atoms with Crippen LogP contribution in [-0.2, 0) is 16.1 Å². The zero-order valence-corrected chi connectivity index (χ0v) is 19.5. The third kappa shape index (κ3) is 6.33. The number of carbonyl (C=O) groups excluding carboxylic acids is 1. The summed E-state index contributed by atoms with van der Waals surface area (Å²) < 4.78 is 16.9. The molecule has 3 aromatic rings. The smallest absolute Gasteiger partial charge is 0.251 e. The lowest BCUT2D eigenvalue weighted by molar-refractivity contribution is 0.0374. The molecular weight excluding hydrogens is 446 g/mol. The van der Waals surface area contributed by atoms with Gasteiger partial charge in [-0.1, -0.05) is 12.2 Å². The fourth-order valence-electron chi connectivity index (χ4n) is 4.07. The van der Waals surface area contributed by atoms with E-state index in [0.29, 0.717) is 42.7 Å². The summed E-state index contributed by atoms with van der Waals surface area (Å²) in [6, 6.07) is 11.2.